The Morgan fingerprint density at radius 1 is 1.50 bits per heavy atom. The molecule has 1 aliphatic carbocycles. The van der Waals surface area contributed by atoms with E-state index in [4.69, 9.17) is 0 Å². The fraction of sp³-hybridized carbons (Fsp3) is 0.455. The minimum atomic E-state index is -0.734. The van der Waals surface area contributed by atoms with E-state index in [9.17, 15) is 9.90 Å². The number of pyridine rings is 1. The molecule has 1 aromatic rings. The highest BCUT2D eigenvalue weighted by Crippen LogP contribution is 2.43. The first kappa shape index (κ1) is 9.19. The standard InChI is InChI=1S/C11H13NO2/c1-8-4-2-5-9(12-8)11(10(13)14)6-3-7-11/h2,4-5H,3,6-7H2,1H3,(H,13,14). The maximum atomic E-state index is 11.2. The number of aryl methyl sites for hydroxylation is 1. The summed E-state index contributed by atoms with van der Waals surface area (Å²) >= 11 is 0. The number of nitrogens with zero attached hydrogens (tertiary/aromatic N) is 1. The first-order valence-electron chi connectivity index (χ1n) is 4.83. The molecule has 1 saturated carbocycles. The molecule has 1 fully saturated rings. The van der Waals surface area contributed by atoms with Crippen molar-refractivity contribution in [2.24, 2.45) is 0 Å². The van der Waals surface area contributed by atoms with Gasteiger partial charge in [0, 0.05) is 5.69 Å². The number of carboxylic acids is 1. The number of aromatic nitrogens is 1. The largest absolute Gasteiger partial charge is 0.481 e. The zero-order chi connectivity index (χ0) is 10.2. The monoisotopic (exact) mass is 191 g/mol. The van der Waals surface area contributed by atoms with E-state index in [1.165, 1.54) is 0 Å². The summed E-state index contributed by atoms with van der Waals surface area (Å²) in [6, 6.07) is 5.58. The van der Waals surface area contributed by atoms with Gasteiger partial charge in [0.05, 0.1) is 5.69 Å². The third-order valence-electron chi connectivity index (χ3n) is 3.00. The van der Waals surface area contributed by atoms with Gasteiger partial charge in [-0.1, -0.05) is 12.5 Å². The minimum absolute atomic E-state index is 0.688. The zero-order valence-corrected chi connectivity index (χ0v) is 8.16. The van der Waals surface area contributed by atoms with Crippen LogP contribution in [0.15, 0.2) is 18.2 Å². The van der Waals surface area contributed by atoms with Crippen molar-refractivity contribution in [3.63, 3.8) is 0 Å². The van der Waals surface area contributed by atoms with E-state index in [2.05, 4.69) is 4.98 Å². The Hall–Kier alpha value is -1.38. The quantitative estimate of drug-likeness (QED) is 0.776. The van der Waals surface area contributed by atoms with Gasteiger partial charge >= 0.3 is 5.97 Å². The molecule has 0 amide bonds. The molecular weight excluding hydrogens is 178 g/mol. The lowest BCUT2D eigenvalue weighted by Gasteiger charge is -2.37. The molecule has 0 aromatic carbocycles. The summed E-state index contributed by atoms with van der Waals surface area (Å²) in [5.41, 5.74) is 0.915. The van der Waals surface area contributed by atoms with Crippen molar-refractivity contribution in [2.45, 2.75) is 31.6 Å². The Morgan fingerprint density at radius 2 is 2.21 bits per heavy atom. The van der Waals surface area contributed by atoms with Crippen molar-refractivity contribution < 1.29 is 9.90 Å². The molecule has 1 heterocycles. The molecule has 1 N–H and O–H groups in total. The van der Waals surface area contributed by atoms with Crippen LogP contribution < -0.4 is 0 Å². The smallest absolute Gasteiger partial charge is 0.315 e. The Bertz CT molecular complexity index is 369. The lowest BCUT2D eigenvalue weighted by molar-refractivity contribution is -0.147. The first-order valence-corrected chi connectivity index (χ1v) is 4.83. The van der Waals surface area contributed by atoms with Crippen LogP contribution in [0.2, 0.25) is 0 Å². The maximum absolute atomic E-state index is 11.2. The second-order valence-corrected chi connectivity index (χ2v) is 3.91. The van der Waals surface area contributed by atoms with Crippen molar-refractivity contribution in [2.75, 3.05) is 0 Å². The first-order chi connectivity index (χ1) is 6.65. The lowest BCUT2D eigenvalue weighted by Crippen LogP contribution is -2.43. The van der Waals surface area contributed by atoms with Crippen LogP contribution in [0, 0.1) is 6.92 Å². The molecule has 0 bridgehead atoms. The van der Waals surface area contributed by atoms with Gasteiger partial charge in [-0.3, -0.25) is 9.78 Å². The van der Waals surface area contributed by atoms with Crippen molar-refractivity contribution in [3.8, 4) is 0 Å². The molecular formula is C11H13NO2. The molecule has 14 heavy (non-hydrogen) atoms. The Labute approximate surface area is 82.8 Å². The summed E-state index contributed by atoms with van der Waals surface area (Å²) in [5.74, 6) is -0.734. The highest BCUT2D eigenvalue weighted by atomic mass is 16.4. The highest BCUT2D eigenvalue weighted by Gasteiger charge is 2.47. The van der Waals surface area contributed by atoms with Crippen LogP contribution >= 0.6 is 0 Å². The molecule has 2 rings (SSSR count). The van der Waals surface area contributed by atoms with E-state index < -0.39 is 11.4 Å². The van der Waals surface area contributed by atoms with Gasteiger partial charge in [-0.15, -0.1) is 0 Å². The van der Waals surface area contributed by atoms with Gasteiger partial charge < -0.3 is 5.11 Å². The van der Waals surface area contributed by atoms with Gasteiger partial charge in [0.25, 0.3) is 0 Å². The molecule has 74 valence electrons. The highest BCUT2D eigenvalue weighted by molar-refractivity contribution is 5.81. The predicted octanol–water partition coefficient (Wildman–Crippen LogP) is 1.90. The Kier molecular flexibility index (Phi) is 2.02. The number of carboxylic acid groups (broad SMARTS) is 1. The number of hydrogen-bond acceptors (Lipinski definition) is 2. The number of carbonyl (C=O) groups is 1. The van der Waals surface area contributed by atoms with Gasteiger partial charge in [0.2, 0.25) is 0 Å². The van der Waals surface area contributed by atoms with Crippen LogP contribution in [0.25, 0.3) is 0 Å². The van der Waals surface area contributed by atoms with Crippen molar-refractivity contribution >= 4 is 5.97 Å². The molecule has 1 aromatic heterocycles. The van der Waals surface area contributed by atoms with Crippen molar-refractivity contribution in [3.05, 3.63) is 29.6 Å². The second kappa shape index (κ2) is 3.08. The Morgan fingerprint density at radius 3 is 2.64 bits per heavy atom. The zero-order valence-electron chi connectivity index (χ0n) is 8.16. The SMILES string of the molecule is Cc1cccc(C2(C(=O)O)CCC2)n1. The van der Waals surface area contributed by atoms with Gasteiger partial charge in [-0.05, 0) is 31.9 Å². The van der Waals surface area contributed by atoms with E-state index in [0.29, 0.717) is 0 Å². The molecule has 0 radical (unpaired) electrons. The van der Waals surface area contributed by atoms with E-state index in [-0.39, 0.29) is 0 Å². The molecule has 0 unspecified atom stereocenters. The lowest BCUT2D eigenvalue weighted by atomic mass is 9.66. The van der Waals surface area contributed by atoms with E-state index in [1.807, 2.05) is 25.1 Å². The number of rotatable bonds is 2. The molecule has 3 nitrogen and oxygen atoms in total. The average molecular weight is 191 g/mol. The summed E-state index contributed by atoms with van der Waals surface area (Å²) in [6.45, 7) is 1.89. The van der Waals surface area contributed by atoms with Gasteiger partial charge in [-0.2, -0.15) is 0 Å². The molecule has 0 saturated heterocycles. The van der Waals surface area contributed by atoms with Crippen LogP contribution in [-0.2, 0) is 10.2 Å². The van der Waals surface area contributed by atoms with Crippen molar-refractivity contribution in [1.29, 1.82) is 0 Å². The van der Waals surface area contributed by atoms with E-state index in [0.717, 1.165) is 30.7 Å². The fourth-order valence-electron chi connectivity index (χ4n) is 1.92. The Balaban J connectivity index is 2.42. The molecule has 0 spiro atoms. The topological polar surface area (TPSA) is 50.2 Å². The van der Waals surface area contributed by atoms with Crippen molar-refractivity contribution in [1.82, 2.24) is 4.98 Å². The number of aliphatic carboxylic acids is 1. The summed E-state index contributed by atoms with van der Waals surface area (Å²) in [5, 5.41) is 9.19. The molecule has 1 aliphatic rings. The van der Waals surface area contributed by atoms with Crippen LogP contribution in [-0.4, -0.2) is 16.1 Å². The van der Waals surface area contributed by atoms with Crippen LogP contribution in [0.5, 0.6) is 0 Å². The molecule has 0 atom stereocenters. The summed E-state index contributed by atoms with van der Waals surface area (Å²) in [6.07, 6.45) is 2.43. The summed E-state index contributed by atoms with van der Waals surface area (Å²) < 4.78 is 0. The van der Waals surface area contributed by atoms with Gasteiger partial charge in [0.15, 0.2) is 0 Å². The van der Waals surface area contributed by atoms with Gasteiger partial charge in [0.1, 0.15) is 5.41 Å². The minimum Gasteiger partial charge on any atom is -0.481 e. The van der Waals surface area contributed by atoms with E-state index >= 15 is 0 Å². The predicted molar refractivity (Wildman–Crippen MR) is 52.1 cm³/mol. The summed E-state index contributed by atoms with van der Waals surface area (Å²) in [7, 11) is 0. The number of hydrogen-bond donors (Lipinski definition) is 1. The normalized spacial score (nSPS) is 18.6. The third kappa shape index (κ3) is 1.20. The van der Waals surface area contributed by atoms with Crippen LogP contribution in [0.4, 0.5) is 0 Å². The average Bonchev–Trinajstić information content (AvgIpc) is 2.00. The molecule has 0 aliphatic heterocycles. The van der Waals surface area contributed by atoms with E-state index in [1.54, 1.807) is 0 Å². The summed E-state index contributed by atoms with van der Waals surface area (Å²) in [4.78, 5) is 15.5. The van der Waals surface area contributed by atoms with Crippen LogP contribution in [0.3, 0.4) is 0 Å². The van der Waals surface area contributed by atoms with Gasteiger partial charge in [-0.25, -0.2) is 0 Å². The second-order valence-electron chi connectivity index (χ2n) is 3.91. The van der Waals surface area contributed by atoms with Crippen LogP contribution in [0.1, 0.15) is 30.7 Å². The maximum Gasteiger partial charge on any atom is 0.315 e. The fourth-order valence-corrected chi connectivity index (χ4v) is 1.92. The third-order valence-corrected chi connectivity index (χ3v) is 3.00. The molecule has 3 heteroatoms.